The molecule has 1 saturated heterocycles. The van der Waals surface area contributed by atoms with E-state index in [1.165, 1.54) is 4.90 Å². The van der Waals surface area contributed by atoms with Gasteiger partial charge < -0.3 is 24.2 Å². The van der Waals surface area contributed by atoms with Gasteiger partial charge in [0, 0.05) is 25.8 Å². The lowest BCUT2D eigenvalue weighted by Gasteiger charge is -2.25. The highest BCUT2D eigenvalue weighted by molar-refractivity contribution is 6.46. The number of aryl methyl sites for hydroxylation is 1. The van der Waals surface area contributed by atoms with Crippen molar-refractivity contribution in [3.63, 3.8) is 0 Å². The minimum atomic E-state index is -0.722. The zero-order valence-electron chi connectivity index (χ0n) is 21.3. The number of hydrogen-bond donors (Lipinski definition) is 1. The third-order valence-corrected chi connectivity index (χ3v) is 6.33. The molecule has 1 heterocycles. The lowest BCUT2D eigenvalue weighted by molar-refractivity contribution is -0.140. The van der Waals surface area contributed by atoms with Gasteiger partial charge in [-0.15, -0.1) is 0 Å². The number of benzene rings is 3. The van der Waals surface area contributed by atoms with Crippen LogP contribution >= 0.6 is 0 Å². The summed E-state index contributed by atoms with van der Waals surface area (Å²) in [5, 5.41) is 11.2. The van der Waals surface area contributed by atoms with Crippen molar-refractivity contribution in [2.45, 2.75) is 26.0 Å². The predicted molar refractivity (Wildman–Crippen MR) is 140 cm³/mol. The normalized spacial score (nSPS) is 16.7. The summed E-state index contributed by atoms with van der Waals surface area (Å²) in [5.41, 5.74) is 3.40. The van der Waals surface area contributed by atoms with Gasteiger partial charge in [-0.1, -0.05) is 42.0 Å². The Morgan fingerprint density at radius 2 is 1.65 bits per heavy atom. The number of aliphatic hydroxyl groups is 1. The maximum absolute atomic E-state index is 13.1. The molecule has 1 fully saturated rings. The van der Waals surface area contributed by atoms with Crippen molar-refractivity contribution >= 4 is 17.4 Å². The van der Waals surface area contributed by atoms with Gasteiger partial charge in [0.25, 0.3) is 11.7 Å². The number of aliphatic hydroxyl groups excluding tert-OH is 1. The Balaban J connectivity index is 1.63. The molecule has 4 rings (SSSR count). The fourth-order valence-electron chi connectivity index (χ4n) is 4.46. The summed E-state index contributed by atoms with van der Waals surface area (Å²) < 4.78 is 16.3. The van der Waals surface area contributed by atoms with Crippen molar-refractivity contribution < 1.29 is 28.9 Å². The van der Waals surface area contributed by atoms with Gasteiger partial charge in [0.15, 0.2) is 0 Å². The standard InChI is InChI=1S/C30H31NO6/c1-20-6-4-7-21(18-20)19-37-25-14-10-23(11-15-25)28(32)26-27(22-8-12-24(36-3)13-9-22)31(16-5-17-35-2)30(34)29(26)33/h4,6-15,18,27,32H,5,16-17,19H2,1-3H3/t27-/m1/s1. The number of likely N-dealkylation sites (tertiary alicyclic amines) is 1. The quantitative estimate of drug-likeness (QED) is 0.181. The molecule has 1 atom stereocenters. The summed E-state index contributed by atoms with van der Waals surface area (Å²) in [6.45, 7) is 3.21. The Hall–Kier alpha value is -4.10. The monoisotopic (exact) mass is 501 g/mol. The molecule has 3 aromatic carbocycles. The Morgan fingerprint density at radius 3 is 2.30 bits per heavy atom. The zero-order valence-corrected chi connectivity index (χ0v) is 21.3. The van der Waals surface area contributed by atoms with Crippen LogP contribution in [-0.4, -0.2) is 49.1 Å². The molecule has 0 spiro atoms. The Labute approximate surface area is 216 Å². The van der Waals surface area contributed by atoms with Gasteiger partial charge in [-0.2, -0.15) is 0 Å². The first-order chi connectivity index (χ1) is 17.9. The second-order valence-electron chi connectivity index (χ2n) is 8.91. The van der Waals surface area contributed by atoms with Crippen LogP contribution in [0.4, 0.5) is 0 Å². The van der Waals surface area contributed by atoms with E-state index in [4.69, 9.17) is 14.2 Å². The maximum Gasteiger partial charge on any atom is 0.295 e. The van der Waals surface area contributed by atoms with Crippen molar-refractivity contribution in [1.82, 2.24) is 4.90 Å². The first kappa shape index (κ1) is 26.0. The first-order valence-electron chi connectivity index (χ1n) is 12.1. The molecule has 0 saturated carbocycles. The third-order valence-electron chi connectivity index (χ3n) is 6.33. The average molecular weight is 502 g/mol. The number of methoxy groups -OCH3 is 2. The highest BCUT2D eigenvalue weighted by Crippen LogP contribution is 2.40. The number of hydrogen-bond acceptors (Lipinski definition) is 6. The number of carbonyl (C=O) groups excluding carboxylic acids is 2. The average Bonchev–Trinajstić information content (AvgIpc) is 3.17. The molecule has 0 unspecified atom stereocenters. The molecule has 1 N–H and O–H groups in total. The van der Waals surface area contributed by atoms with Gasteiger partial charge in [0.1, 0.15) is 23.9 Å². The Bertz CT molecular complexity index is 1280. The fraction of sp³-hybridized carbons (Fsp3) is 0.267. The summed E-state index contributed by atoms with van der Waals surface area (Å²) in [6.07, 6.45) is 0.559. The Morgan fingerprint density at radius 1 is 0.946 bits per heavy atom. The molecule has 0 radical (unpaired) electrons. The van der Waals surface area contributed by atoms with Crippen LogP contribution in [0.3, 0.4) is 0 Å². The number of nitrogens with zero attached hydrogens (tertiary/aromatic N) is 1. The highest BCUT2D eigenvalue weighted by Gasteiger charge is 2.45. The van der Waals surface area contributed by atoms with Crippen molar-refractivity contribution in [3.8, 4) is 11.5 Å². The fourth-order valence-corrected chi connectivity index (χ4v) is 4.46. The maximum atomic E-state index is 13.1. The number of ketones is 1. The van der Waals surface area contributed by atoms with E-state index < -0.39 is 17.7 Å². The molecule has 0 aromatic heterocycles. The second kappa shape index (κ2) is 11.8. The molecule has 0 aliphatic carbocycles. The molecule has 1 aliphatic rings. The van der Waals surface area contributed by atoms with Crippen LogP contribution in [0.5, 0.6) is 11.5 Å². The minimum Gasteiger partial charge on any atom is -0.507 e. The molecule has 7 nitrogen and oxygen atoms in total. The van der Waals surface area contributed by atoms with E-state index in [9.17, 15) is 14.7 Å². The van der Waals surface area contributed by atoms with Crippen LogP contribution in [-0.2, 0) is 20.9 Å². The second-order valence-corrected chi connectivity index (χ2v) is 8.91. The molecule has 192 valence electrons. The van der Waals surface area contributed by atoms with Crippen LogP contribution in [0.25, 0.3) is 5.76 Å². The predicted octanol–water partition coefficient (Wildman–Crippen LogP) is 5.04. The van der Waals surface area contributed by atoms with Gasteiger partial charge in [-0.3, -0.25) is 9.59 Å². The lowest BCUT2D eigenvalue weighted by atomic mass is 9.95. The van der Waals surface area contributed by atoms with E-state index in [1.54, 1.807) is 62.8 Å². The van der Waals surface area contributed by atoms with Gasteiger partial charge >= 0.3 is 0 Å². The van der Waals surface area contributed by atoms with Crippen molar-refractivity contribution in [3.05, 3.63) is 101 Å². The Kier molecular flexibility index (Phi) is 8.25. The lowest BCUT2D eigenvalue weighted by Crippen LogP contribution is -2.31. The van der Waals surface area contributed by atoms with Crippen molar-refractivity contribution in [2.24, 2.45) is 0 Å². The third kappa shape index (κ3) is 5.84. The molecule has 1 aliphatic heterocycles. The molecular weight excluding hydrogens is 470 g/mol. The first-order valence-corrected chi connectivity index (χ1v) is 12.1. The van der Waals surface area contributed by atoms with Crippen LogP contribution in [0.15, 0.2) is 78.4 Å². The van der Waals surface area contributed by atoms with E-state index in [0.29, 0.717) is 48.8 Å². The number of rotatable bonds is 10. The molecule has 7 heteroatoms. The van der Waals surface area contributed by atoms with E-state index in [-0.39, 0.29) is 11.3 Å². The zero-order chi connectivity index (χ0) is 26.4. The molecule has 37 heavy (non-hydrogen) atoms. The van der Waals surface area contributed by atoms with Gasteiger partial charge in [-0.25, -0.2) is 0 Å². The van der Waals surface area contributed by atoms with Crippen molar-refractivity contribution in [2.75, 3.05) is 27.4 Å². The largest absolute Gasteiger partial charge is 0.507 e. The summed E-state index contributed by atoms with van der Waals surface area (Å²) in [5.74, 6) is -0.295. The summed E-state index contributed by atoms with van der Waals surface area (Å²) >= 11 is 0. The van der Waals surface area contributed by atoms with E-state index >= 15 is 0 Å². The van der Waals surface area contributed by atoms with E-state index in [0.717, 1.165) is 11.1 Å². The van der Waals surface area contributed by atoms with Crippen LogP contribution in [0, 0.1) is 6.92 Å². The number of ether oxygens (including phenoxy) is 3. The molecule has 1 amide bonds. The van der Waals surface area contributed by atoms with Crippen LogP contribution in [0.2, 0.25) is 0 Å². The van der Waals surface area contributed by atoms with Gasteiger partial charge in [-0.05, 0) is 60.9 Å². The number of amides is 1. The SMILES string of the molecule is COCCCN1C(=O)C(=O)C(=C(O)c2ccc(OCc3cccc(C)c3)cc2)[C@H]1c1ccc(OC)cc1. The van der Waals surface area contributed by atoms with Crippen LogP contribution in [0.1, 0.15) is 34.7 Å². The van der Waals surface area contributed by atoms with E-state index in [1.807, 2.05) is 25.1 Å². The van der Waals surface area contributed by atoms with Gasteiger partial charge in [0.05, 0.1) is 18.7 Å². The van der Waals surface area contributed by atoms with Gasteiger partial charge in [0.2, 0.25) is 0 Å². The summed E-state index contributed by atoms with van der Waals surface area (Å²) in [6, 6.07) is 21.3. The highest BCUT2D eigenvalue weighted by atomic mass is 16.5. The molecular formula is C30H31NO6. The van der Waals surface area contributed by atoms with Crippen LogP contribution < -0.4 is 9.47 Å². The van der Waals surface area contributed by atoms with Crippen molar-refractivity contribution in [1.29, 1.82) is 0 Å². The van der Waals surface area contributed by atoms with E-state index in [2.05, 4.69) is 6.07 Å². The summed E-state index contributed by atoms with van der Waals surface area (Å²) in [7, 11) is 3.16. The topological polar surface area (TPSA) is 85.3 Å². The molecule has 0 bridgehead atoms. The summed E-state index contributed by atoms with van der Waals surface area (Å²) in [4.78, 5) is 27.6. The minimum absolute atomic E-state index is 0.0565. The number of carbonyl (C=O) groups is 2. The smallest absolute Gasteiger partial charge is 0.295 e. The number of Topliss-reactive ketones (excluding diaryl/α,β-unsaturated/α-hetero) is 1. The molecule has 3 aromatic rings.